The van der Waals surface area contributed by atoms with Gasteiger partial charge in [-0.05, 0) is 61.4 Å². The summed E-state index contributed by atoms with van der Waals surface area (Å²) in [6, 6.07) is 21.2. The molecule has 156 valence electrons. The summed E-state index contributed by atoms with van der Waals surface area (Å²) < 4.78 is 0. The maximum Gasteiger partial charge on any atom is 0.256 e. The molecule has 0 radical (unpaired) electrons. The summed E-state index contributed by atoms with van der Waals surface area (Å²) >= 11 is 0. The number of rotatable bonds is 5. The van der Waals surface area contributed by atoms with Gasteiger partial charge in [-0.2, -0.15) is 0 Å². The summed E-state index contributed by atoms with van der Waals surface area (Å²) in [5.41, 5.74) is 5.64. The van der Waals surface area contributed by atoms with Gasteiger partial charge in [0.15, 0.2) is 0 Å². The van der Waals surface area contributed by atoms with Crippen LogP contribution in [0.1, 0.15) is 23.6 Å². The Hall–Kier alpha value is -3.70. The Morgan fingerprint density at radius 1 is 1.03 bits per heavy atom. The van der Waals surface area contributed by atoms with Gasteiger partial charge in [-0.1, -0.05) is 42.0 Å². The molecule has 1 amide bonds. The lowest BCUT2D eigenvalue weighted by molar-refractivity contribution is -0.113. The lowest BCUT2D eigenvalue weighted by Crippen LogP contribution is -2.34. The van der Waals surface area contributed by atoms with E-state index in [1.54, 1.807) is 18.5 Å². The fourth-order valence-corrected chi connectivity index (χ4v) is 3.80. The average Bonchev–Trinajstić information content (AvgIpc) is 2.76. The number of allylic oxidation sites excluding steroid dienone is 1. The number of anilines is 1. The molecular weight excluding hydrogens is 386 g/mol. The van der Waals surface area contributed by atoms with Gasteiger partial charge in [0.1, 0.15) is 6.10 Å². The molecule has 0 aliphatic carbocycles. The fraction of sp³-hybridized carbons (Fsp3) is 0.154. The molecule has 1 aromatic heterocycles. The van der Waals surface area contributed by atoms with E-state index in [1.807, 2.05) is 80.6 Å². The van der Waals surface area contributed by atoms with Gasteiger partial charge in [0.05, 0.1) is 11.3 Å². The molecule has 0 saturated carbocycles. The van der Waals surface area contributed by atoms with Gasteiger partial charge in [-0.25, -0.2) is 0 Å². The number of aliphatic hydroxyl groups excluding tert-OH is 1. The second-order valence-corrected chi connectivity index (χ2v) is 7.65. The first-order valence-corrected chi connectivity index (χ1v) is 10.2. The number of benzene rings is 2. The van der Waals surface area contributed by atoms with Gasteiger partial charge in [-0.15, -0.1) is 0 Å². The van der Waals surface area contributed by atoms with Crippen LogP contribution in [0.25, 0.3) is 5.70 Å². The summed E-state index contributed by atoms with van der Waals surface area (Å²) in [5.74, 6) is -0.321. The zero-order chi connectivity index (χ0) is 21.8. The first kappa shape index (κ1) is 20.6. The summed E-state index contributed by atoms with van der Waals surface area (Å²) in [7, 11) is 0. The Morgan fingerprint density at radius 3 is 2.48 bits per heavy atom. The van der Waals surface area contributed by atoms with Crippen LogP contribution in [0.15, 0.2) is 96.5 Å². The number of aryl methyl sites for hydroxylation is 1. The summed E-state index contributed by atoms with van der Waals surface area (Å²) in [4.78, 5) is 19.5. The van der Waals surface area contributed by atoms with Gasteiger partial charge < -0.3 is 15.3 Å². The molecule has 31 heavy (non-hydrogen) atoms. The van der Waals surface area contributed by atoms with Crippen LogP contribution in [0.4, 0.5) is 5.69 Å². The average molecular weight is 412 g/mol. The molecule has 4 rings (SSSR count). The van der Waals surface area contributed by atoms with E-state index >= 15 is 0 Å². The van der Waals surface area contributed by atoms with Crippen molar-refractivity contribution in [2.24, 2.45) is 0 Å². The minimum absolute atomic E-state index is 0.321. The van der Waals surface area contributed by atoms with E-state index in [4.69, 9.17) is 0 Å². The minimum Gasteiger partial charge on any atom is -0.384 e. The molecule has 2 N–H and O–H groups in total. The molecule has 3 aromatic rings. The van der Waals surface area contributed by atoms with Crippen molar-refractivity contribution in [3.63, 3.8) is 0 Å². The predicted octanol–water partition coefficient (Wildman–Crippen LogP) is 4.52. The van der Waals surface area contributed by atoms with E-state index in [9.17, 15) is 9.90 Å². The zero-order valence-corrected chi connectivity index (χ0v) is 17.6. The number of nitrogens with zero attached hydrogens (tertiary/aromatic N) is 2. The molecule has 5 nitrogen and oxygen atoms in total. The van der Waals surface area contributed by atoms with Crippen LogP contribution in [0.3, 0.4) is 0 Å². The first-order valence-electron chi connectivity index (χ1n) is 10.2. The normalized spacial score (nSPS) is 16.2. The van der Waals surface area contributed by atoms with Gasteiger partial charge >= 0.3 is 0 Å². The van der Waals surface area contributed by atoms with E-state index in [1.165, 1.54) is 0 Å². The highest BCUT2D eigenvalue weighted by atomic mass is 16.3. The summed E-state index contributed by atoms with van der Waals surface area (Å²) in [6.45, 7) is 4.53. The van der Waals surface area contributed by atoms with Crippen molar-refractivity contribution in [1.82, 2.24) is 9.88 Å². The first-order chi connectivity index (χ1) is 15.0. The minimum atomic E-state index is -1.01. The highest BCUT2D eigenvalue weighted by molar-refractivity contribution is 6.10. The van der Waals surface area contributed by atoms with E-state index in [0.717, 1.165) is 22.4 Å². The van der Waals surface area contributed by atoms with Crippen LogP contribution in [0.2, 0.25) is 0 Å². The number of carbonyl (C=O) groups is 1. The number of pyridine rings is 1. The van der Waals surface area contributed by atoms with Crippen molar-refractivity contribution in [3.05, 3.63) is 113 Å². The van der Waals surface area contributed by atoms with Crippen molar-refractivity contribution < 1.29 is 9.90 Å². The third-order valence-electron chi connectivity index (χ3n) is 5.30. The zero-order valence-electron chi connectivity index (χ0n) is 17.6. The van der Waals surface area contributed by atoms with Crippen molar-refractivity contribution in [2.75, 3.05) is 5.32 Å². The predicted molar refractivity (Wildman–Crippen MR) is 123 cm³/mol. The standard InChI is InChI=1S/C26H25N3O2/c1-18-7-6-8-21(15-18)25-24(26(31)28-22-9-4-3-5-10-22)23(30)16-19(2)29(25)17-20-11-13-27-14-12-20/h3-16,23,30H,17H2,1-2H3,(H,28,31). The number of amides is 1. The number of nitrogens with one attached hydrogen (secondary N) is 1. The molecular formula is C26H25N3O2. The Kier molecular flexibility index (Phi) is 5.96. The van der Waals surface area contributed by atoms with Gasteiger partial charge in [-0.3, -0.25) is 9.78 Å². The highest BCUT2D eigenvalue weighted by Crippen LogP contribution is 2.35. The molecule has 0 fully saturated rings. The number of hydrogen-bond donors (Lipinski definition) is 2. The molecule has 0 bridgehead atoms. The second-order valence-electron chi connectivity index (χ2n) is 7.65. The topological polar surface area (TPSA) is 65.5 Å². The molecule has 2 aromatic carbocycles. The third-order valence-corrected chi connectivity index (χ3v) is 5.30. The number of carbonyl (C=O) groups excluding carboxylic acids is 1. The number of para-hydroxylation sites is 1. The van der Waals surface area contributed by atoms with Gasteiger partial charge in [0.2, 0.25) is 0 Å². The maximum atomic E-state index is 13.4. The van der Waals surface area contributed by atoms with Gasteiger partial charge in [0, 0.05) is 30.3 Å². The number of hydrogen-bond acceptors (Lipinski definition) is 4. The Balaban J connectivity index is 1.83. The Labute approximate surface area is 182 Å². The molecule has 0 spiro atoms. The Morgan fingerprint density at radius 2 is 1.77 bits per heavy atom. The number of aliphatic hydroxyl groups is 1. The molecule has 1 atom stereocenters. The largest absolute Gasteiger partial charge is 0.384 e. The van der Waals surface area contributed by atoms with Crippen LogP contribution < -0.4 is 5.32 Å². The molecule has 1 aliphatic heterocycles. The maximum absolute atomic E-state index is 13.4. The molecule has 0 saturated heterocycles. The van der Waals surface area contributed by atoms with Crippen molar-refractivity contribution in [3.8, 4) is 0 Å². The SMILES string of the molecule is CC1=CC(O)C(C(=O)Nc2ccccc2)=C(c2cccc(C)c2)N1Cc1ccncc1. The second kappa shape index (κ2) is 8.98. The van der Waals surface area contributed by atoms with Crippen LogP contribution in [-0.4, -0.2) is 27.0 Å². The monoisotopic (exact) mass is 411 g/mol. The Bertz CT molecular complexity index is 1140. The molecule has 1 unspecified atom stereocenters. The van der Waals surface area contributed by atoms with Crippen LogP contribution >= 0.6 is 0 Å². The molecule has 1 aliphatic rings. The van der Waals surface area contributed by atoms with Gasteiger partial charge in [0.25, 0.3) is 5.91 Å². The summed E-state index contributed by atoms with van der Waals surface area (Å²) in [5, 5.41) is 13.9. The van der Waals surface area contributed by atoms with E-state index < -0.39 is 6.10 Å². The lowest BCUT2D eigenvalue weighted by Gasteiger charge is -2.35. The van der Waals surface area contributed by atoms with Crippen molar-refractivity contribution in [2.45, 2.75) is 26.5 Å². The molecule has 2 heterocycles. The summed E-state index contributed by atoms with van der Waals surface area (Å²) in [6.07, 6.45) is 4.23. The van der Waals surface area contributed by atoms with E-state index in [2.05, 4.69) is 15.2 Å². The smallest absolute Gasteiger partial charge is 0.256 e. The van der Waals surface area contributed by atoms with E-state index in [0.29, 0.717) is 23.5 Å². The van der Waals surface area contributed by atoms with E-state index in [-0.39, 0.29) is 5.91 Å². The molecule has 5 heteroatoms. The van der Waals surface area contributed by atoms with Crippen LogP contribution in [0, 0.1) is 6.92 Å². The lowest BCUT2D eigenvalue weighted by atomic mass is 9.94. The number of aromatic nitrogens is 1. The third kappa shape index (κ3) is 4.57. The van der Waals surface area contributed by atoms with Crippen LogP contribution in [0.5, 0.6) is 0 Å². The highest BCUT2D eigenvalue weighted by Gasteiger charge is 2.31. The van der Waals surface area contributed by atoms with Crippen molar-refractivity contribution >= 4 is 17.3 Å². The van der Waals surface area contributed by atoms with Crippen molar-refractivity contribution in [1.29, 1.82) is 0 Å². The quantitative estimate of drug-likeness (QED) is 0.648. The fourth-order valence-electron chi connectivity index (χ4n) is 3.80. The van der Waals surface area contributed by atoms with Crippen LogP contribution in [-0.2, 0) is 11.3 Å².